The van der Waals surface area contributed by atoms with E-state index in [-0.39, 0.29) is 24.1 Å². The molecular weight excluding hydrogens is 513 g/mol. The molecule has 1 fully saturated rings. The third kappa shape index (κ3) is 8.72. The number of carbonyl (C=O) groups is 2. The number of benzene rings is 2. The molecule has 1 heterocycles. The van der Waals surface area contributed by atoms with E-state index in [2.05, 4.69) is 30.8 Å². The number of alkyl halides is 3. The molecule has 1 aliphatic rings. The third-order valence-corrected chi connectivity index (χ3v) is 6.57. The van der Waals surface area contributed by atoms with E-state index in [1.54, 1.807) is 35.3 Å². The molecule has 3 aromatic rings. The Balaban J connectivity index is 1.30. The molecule has 1 saturated carbocycles. The minimum Gasteiger partial charge on any atom is -0.406 e. The van der Waals surface area contributed by atoms with Crippen molar-refractivity contribution in [3.05, 3.63) is 66.7 Å². The number of amides is 2. The minimum atomic E-state index is -4.75. The maximum absolute atomic E-state index is 13.1. The number of hydrogen-bond donors (Lipinski definition) is 3. The van der Waals surface area contributed by atoms with Gasteiger partial charge in [0.25, 0.3) is 5.91 Å². The largest absolute Gasteiger partial charge is 0.573 e. The predicted octanol–water partition coefficient (Wildman–Crippen LogP) is 4.46. The standard InChI is InChI=1S/C27H31F3N6O3/c28-27(29,30)39-23-12-8-21(9-13-23)32-14-15-33-26(38)24(16-19-4-2-1-3-5-19)35-25(37)20-6-10-22(11-7-20)36-18-31-17-34-36/h6-13,17-19,24,32H,1-5,14-16H2,(H,33,38)(H,35,37)/t24-/m0/s1. The second kappa shape index (κ2) is 13.1. The van der Waals surface area contributed by atoms with E-state index in [0.717, 1.165) is 31.4 Å². The van der Waals surface area contributed by atoms with Crippen LogP contribution in [-0.4, -0.2) is 52.1 Å². The molecule has 9 nitrogen and oxygen atoms in total. The lowest BCUT2D eigenvalue weighted by molar-refractivity contribution is -0.274. The predicted molar refractivity (Wildman–Crippen MR) is 138 cm³/mol. The molecule has 3 N–H and O–H groups in total. The minimum absolute atomic E-state index is 0.267. The third-order valence-electron chi connectivity index (χ3n) is 6.57. The summed E-state index contributed by atoms with van der Waals surface area (Å²) in [5.74, 6) is -0.560. The van der Waals surface area contributed by atoms with Gasteiger partial charge in [-0.05, 0) is 60.9 Å². The summed E-state index contributed by atoms with van der Waals surface area (Å²) in [6.45, 7) is 0.613. The second-order valence-electron chi connectivity index (χ2n) is 9.44. The van der Waals surface area contributed by atoms with Crippen LogP contribution in [0.25, 0.3) is 5.69 Å². The first-order valence-corrected chi connectivity index (χ1v) is 12.9. The summed E-state index contributed by atoms with van der Waals surface area (Å²) in [6, 6.07) is 11.5. The summed E-state index contributed by atoms with van der Waals surface area (Å²) < 4.78 is 42.4. The summed E-state index contributed by atoms with van der Waals surface area (Å²) in [7, 11) is 0. The fourth-order valence-corrected chi connectivity index (χ4v) is 4.63. The fourth-order valence-electron chi connectivity index (χ4n) is 4.63. The summed E-state index contributed by atoms with van der Waals surface area (Å²) in [5.41, 5.74) is 1.77. The number of carbonyl (C=O) groups excluding carboxylic acids is 2. The number of ether oxygens (including phenoxy) is 1. The lowest BCUT2D eigenvalue weighted by Gasteiger charge is -2.26. The monoisotopic (exact) mass is 544 g/mol. The zero-order valence-electron chi connectivity index (χ0n) is 21.3. The van der Waals surface area contributed by atoms with Gasteiger partial charge in [0.1, 0.15) is 24.4 Å². The van der Waals surface area contributed by atoms with Crippen LogP contribution in [-0.2, 0) is 4.79 Å². The van der Waals surface area contributed by atoms with Gasteiger partial charge < -0.3 is 20.7 Å². The lowest BCUT2D eigenvalue weighted by atomic mass is 9.84. The average Bonchev–Trinajstić information content (AvgIpc) is 3.46. The number of nitrogens with one attached hydrogen (secondary N) is 3. The van der Waals surface area contributed by atoms with Crippen molar-refractivity contribution in [1.82, 2.24) is 25.4 Å². The molecule has 2 aromatic carbocycles. The quantitative estimate of drug-likeness (QED) is 0.308. The number of halogens is 3. The number of nitrogens with zero attached hydrogens (tertiary/aromatic N) is 3. The van der Waals surface area contributed by atoms with Crippen LogP contribution in [0.1, 0.15) is 48.9 Å². The smallest absolute Gasteiger partial charge is 0.406 e. The summed E-state index contributed by atoms with van der Waals surface area (Å²) >= 11 is 0. The summed E-state index contributed by atoms with van der Waals surface area (Å²) in [6.07, 6.45) is 4.28. The Labute approximate surface area is 224 Å². The zero-order chi connectivity index (χ0) is 27.7. The maximum atomic E-state index is 13.1. The van der Waals surface area contributed by atoms with Gasteiger partial charge >= 0.3 is 6.36 Å². The van der Waals surface area contributed by atoms with E-state index in [0.29, 0.717) is 30.1 Å². The summed E-state index contributed by atoms with van der Waals surface area (Å²) in [5, 5.41) is 12.9. The van der Waals surface area contributed by atoms with Crippen molar-refractivity contribution >= 4 is 17.5 Å². The van der Waals surface area contributed by atoms with E-state index >= 15 is 0 Å². The maximum Gasteiger partial charge on any atom is 0.573 e. The second-order valence-corrected chi connectivity index (χ2v) is 9.44. The van der Waals surface area contributed by atoms with E-state index in [1.165, 1.54) is 37.0 Å². The average molecular weight is 545 g/mol. The Kier molecular flexibility index (Phi) is 9.40. The molecule has 1 aliphatic carbocycles. The van der Waals surface area contributed by atoms with Crippen LogP contribution in [0.4, 0.5) is 18.9 Å². The van der Waals surface area contributed by atoms with Crippen molar-refractivity contribution in [2.24, 2.45) is 5.92 Å². The molecule has 0 unspecified atom stereocenters. The fraction of sp³-hybridized carbons (Fsp3) is 0.407. The van der Waals surface area contributed by atoms with Crippen LogP contribution in [0.5, 0.6) is 5.75 Å². The molecule has 12 heteroatoms. The lowest BCUT2D eigenvalue weighted by Crippen LogP contribution is -2.48. The van der Waals surface area contributed by atoms with E-state index < -0.39 is 12.4 Å². The Morgan fingerprint density at radius 1 is 1.00 bits per heavy atom. The van der Waals surface area contributed by atoms with Crippen LogP contribution < -0.4 is 20.7 Å². The molecule has 208 valence electrons. The molecule has 0 bridgehead atoms. The van der Waals surface area contributed by atoms with Crippen molar-refractivity contribution < 1.29 is 27.5 Å². The van der Waals surface area contributed by atoms with Gasteiger partial charge in [0.2, 0.25) is 5.91 Å². The van der Waals surface area contributed by atoms with Crippen molar-refractivity contribution in [1.29, 1.82) is 0 Å². The van der Waals surface area contributed by atoms with Crippen LogP contribution in [0.3, 0.4) is 0 Å². The van der Waals surface area contributed by atoms with Gasteiger partial charge in [0, 0.05) is 24.3 Å². The van der Waals surface area contributed by atoms with Gasteiger partial charge in [-0.1, -0.05) is 32.1 Å². The topological polar surface area (TPSA) is 110 Å². The number of aromatic nitrogens is 3. The van der Waals surface area contributed by atoms with Crippen molar-refractivity contribution in [3.8, 4) is 11.4 Å². The molecule has 0 spiro atoms. The molecule has 0 saturated heterocycles. The van der Waals surface area contributed by atoms with Crippen LogP contribution in [0.2, 0.25) is 0 Å². The van der Waals surface area contributed by atoms with Gasteiger partial charge in [-0.2, -0.15) is 5.10 Å². The highest BCUT2D eigenvalue weighted by Gasteiger charge is 2.31. The molecular formula is C27H31F3N6O3. The highest BCUT2D eigenvalue weighted by molar-refractivity contribution is 5.97. The first-order chi connectivity index (χ1) is 18.8. The van der Waals surface area contributed by atoms with Crippen molar-refractivity contribution in [3.63, 3.8) is 0 Å². The molecule has 4 rings (SSSR count). The summed E-state index contributed by atoms with van der Waals surface area (Å²) in [4.78, 5) is 30.0. The Morgan fingerprint density at radius 2 is 1.72 bits per heavy atom. The van der Waals surface area contributed by atoms with Crippen molar-refractivity contribution in [2.45, 2.75) is 50.9 Å². The highest BCUT2D eigenvalue weighted by atomic mass is 19.4. The normalized spacial score (nSPS) is 14.8. The molecule has 1 aromatic heterocycles. The van der Waals surface area contributed by atoms with Gasteiger partial charge in [0.15, 0.2) is 0 Å². The van der Waals surface area contributed by atoms with E-state index in [1.807, 2.05) is 0 Å². The van der Waals surface area contributed by atoms with Gasteiger partial charge in [0.05, 0.1) is 5.69 Å². The highest BCUT2D eigenvalue weighted by Crippen LogP contribution is 2.28. The zero-order valence-corrected chi connectivity index (χ0v) is 21.3. The Morgan fingerprint density at radius 3 is 2.36 bits per heavy atom. The van der Waals surface area contributed by atoms with Gasteiger partial charge in [-0.15, -0.1) is 13.2 Å². The molecule has 2 amide bonds. The Hall–Kier alpha value is -4.09. The number of rotatable bonds is 11. The van der Waals surface area contributed by atoms with Crippen LogP contribution in [0.15, 0.2) is 61.2 Å². The first-order valence-electron chi connectivity index (χ1n) is 12.9. The van der Waals surface area contributed by atoms with Crippen molar-refractivity contribution in [2.75, 3.05) is 18.4 Å². The van der Waals surface area contributed by atoms with Crippen LogP contribution >= 0.6 is 0 Å². The Bertz CT molecular complexity index is 1200. The first kappa shape index (κ1) is 27.9. The number of anilines is 1. The number of hydrogen-bond acceptors (Lipinski definition) is 6. The van der Waals surface area contributed by atoms with Gasteiger partial charge in [-0.3, -0.25) is 9.59 Å². The molecule has 0 aliphatic heterocycles. The van der Waals surface area contributed by atoms with E-state index in [9.17, 15) is 22.8 Å². The SMILES string of the molecule is O=C(N[C@@H](CC1CCCCC1)C(=O)NCCNc1ccc(OC(F)(F)F)cc1)c1ccc(-n2cncn2)cc1. The van der Waals surface area contributed by atoms with Gasteiger partial charge in [-0.25, -0.2) is 9.67 Å². The molecule has 0 radical (unpaired) electrons. The molecule has 1 atom stereocenters. The molecule has 39 heavy (non-hydrogen) atoms. The van der Waals surface area contributed by atoms with Crippen LogP contribution in [0, 0.1) is 5.92 Å². The van der Waals surface area contributed by atoms with E-state index in [4.69, 9.17) is 0 Å².